The number of aryl methyl sites for hydroxylation is 1. The number of para-hydroxylation sites is 1. The van der Waals surface area contributed by atoms with Crippen LogP contribution in [0.25, 0.3) is 33.0 Å². The Balaban J connectivity index is 1.50. The normalized spacial score (nSPS) is 11.4. The van der Waals surface area contributed by atoms with Gasteiger partial charge in [0.1, 0.15) is 17.2 Å². The first-order valence-corrected chi connectivity index (χ1v) is 18.5. The van der Waals surface area contributed by atoms with Gasteiger partial charge in [-0.25, -0.2) is 0 Å². The van der Waals surface area contributed by atoms with E-state index in [-0.39, 0.29) is 0 Å². The van der Waals surface area contributed by atoms with E-state index < -0.39 is 0 Å². The van der Waals surface area contributed by atoms with Gasteiger partial charge in [0.2, 0.25) is 0 Å². The number of methoxy groups -OCH3 is 3. The monoisotopic (exact) mass is 713 g/mol. The van der Waals surface area contributed by atoms with Crippen molar-refractivity contribution in [1.82, 2.24) is 4.57 Å². The highest BCUT2D eigenvalue weighted by Crippen LogP contribution is 2.36. The minimum Gasteiger partial charge on any atom is -0.497 e. The molecule has 1 N–H and O–H groups in total. The molecule has 0 unspecified atom stereocenters. The van der Waals surface area contributed by atoms with E-state index in [2.05, 4.69) is 137 Å². The van der Waals surface area contributed by atoms with Crippen LogP contribution in [0.3, 0.4) is 0 Å². The molecule has 0 bridgehead atoms. The lowest BCUT2D eigenvalue weighted by Crippen LogP contribution is -2.11. The molecule has 0 aliphatic rings. The molecule has 0 aliphatic heterocycles. The Morgan fingerprint density at radius 2 is 1.04 bits per heavy atom. The second-order valence-corrected chi connectivity index (χ2v) is 13.2. The lowest BCUT2D eigenvalue weighted by molar-refractivity contribution is 0.414. The number of anilines is 2. The molecule has 7 rings (SSSR count). The van der Waals surface area contributed by atoms with Gasteiger partial charge in [-0.15, -0.1) is 0 Å². The molecule has 0 radical (unpaired) electrons. The summed E-state index contributed by atoms with van der Waals surface area (Å²) in [6.45, 7) is 3.23. The largest absolute Gasteiger partial charge is 0.497 e. The molecule has 0 aliphatic carbocycles. The Labute approximate surface area is 318 Å². The number of rotatable bonds is 14. The molecule has 1 aromatic heterocycles. The van der Waals surface area contributed by atoms with Crippen molar-refractivity contribution in [3.63, 3.8) is 0 Å². The molecule has 54 heavy (non-hydrogen) atoms. The summed E-state index contributed by atoms with van der Waals surface area (Å²) in [5, 5.41) is 5.74. The van der Waals surface area contributed by atoms with Crippen molar-refractivity contribution >= 4 is 44.3 Å². The van der Waals surface area contributed by atoms with E-state index >= 15 is 0 Å². The quantitative estimate of drug-likeness (QED) is 0.122. The highest BCUT2D eigenvalue weighted by Gasteiger charge is 2.16. The first-order valence-electron chi connectivity index (χ1n) is 18.5. The zero-order valence-electron chi connectivity index (χ0n) is 31.7. The smallest absolute Gasteiger partial charge is 0.118 e. The summed E-state index contributed by atoms with van der Waals surface area (Å²) in [5.74, 6) is 2.43. The fourth-order valence-corrected chi connectivity index (χ4v) is 6.98. The molecule has 0 saturated heterocycles. The number of nitrogens with one attached hydrogen (secondary N) is 1. The van der Waals surface area contributed by atoms with E-state index in [1.165, 1.54) is 21.8 Å². The Morgan fingerprint density at radius 3 is 1.50 bits per heavy atom. The van der Waals surface area contributed by atoms with Gasteiger partial charge in [-0.1, -0.05) is 80.1 Å². The van der Waals surface area contributed by atoms with Gasteiger partial charge in [0.05, 0.1) is 21.3 Å². The Bertz CT molecular complexity index is 2180. The summed E-state index contributed by atoms with van der Waals surface area (Å²) in [4.78, 5) is 2.27. The van der Waals surface area contributed by atoms with Gasteiger partial charge in [-0.2, -0.15) is 0 Å². The van der Waals surface area contributed by atoms with Gasteiger partial charge < -0.3 is 29.0 Å². The van der Waals surface area contributed by atoms with Crippen LogP contribution in [0, 0.1) is 0 Å². The van der Waals surface area contributed by atoms with E-state index in [4.69, 9.17) is 14.2 Å². The van der Waals surface area contributed by atoms with Gasteiger partial charge in [-0.3, -0.25) is 0 Å². The van der Waals surface area contributed by atoms with E-state index in [0.29, 0.717) is 0 Å². The molecular formula is C48H47N3O3. The number of nitrogens with zero attached hydrogens (tertiary/aromatic N) is 2. The second kappa shape index (κ2) is 16.5. The maximum atomic E-state index is 5.55. The van der Waals surface area contributed by atoms with Crippen LogP contribution >= 0.6 is 0 Å². The molecule has 0 spiro atoms. The van der Waals surface area contributed by atoms with Gasteiger partial charge in [-0.05, 0) is 101 Å². The molecule has 6 heteroatoms. The molecule has 0 atom stereocenters. The number of fused-ring (bicyclic) bond motifs is 3. The second-order valence-electron chi connectivity index (χ2n) is 13.2. The predicted octanol–water partition coefficient (Wildman–Crippen LogP) is 11.6. The van der Waals surface area contributed by atoms with Gasteiger partial charge >= 0.3 is 0 Å². The molecular weight excluding hydrogens is 667 g/mol. The van der Waals surface area contributed by atoms with E-state index in [1.807, 2.05) is 43.4 Å². The number of ether oxygens (including phenoxy) is 3. The molecule has 0 fully saturated rings. The Morgan fingerprint density at radius 1 is 0.574 bits per heavy atom. The third-order valence-corrected chi connectivity index (χ3v) is 10.0. The average molecular weight is 714 g/mol. The average Bonchev–Trinajstić information content (AvgIpc) is 3.56. The third-order valence-electron chi connectivity index (χ3n) is 10.0. The topological polar surface area (TPSA) is 47.9 Å². The van der Waals surface area contributed by atoms with Gasteiger partial charge in [0.25, 0.3) is 0 Å². The fourth-order valence-electron chi connectivity index (χ4n) is 6.98. The molecule has 1 heterocycles. The molecule has 272 valence electrons. The third kappa shape index (κ3) is 7.55. The van der Waals surface area contributed by atoms with Crippen molar-refractivity contribution in [2.45, 2.75) is 26.3 Å². The molecule has 6 nitrogen and oxygen atoms in total. The van der Waals surface area contributed by atoms with Crippen molar-refractivity contribution in [3.05, 3.63) is 174 Å². The summed E-state index contributed by atoms with van der Waals surface area (Å²) in [7, 11) is 7.03. The zero-order chi connectivity index (χ0) is 37.4. The van der Waals surface area contributed by atoms with Crippen LogP contribution in [0.1, 0.15) is 42.0 Å². The van der Waals surface area contributed by atoms with E-state index in [0.717, 1.165) is 81.4 Å². The van der Waals surface area contributed by atoms with Crippen molar-refractivity contribution < 1.29 is 14.2 Å². The lowest BCUT2D eigenvalue weighted by Gasteiger charge is -2.22. The Kier molecular flexibility index (Phi) is 11.0. The fraction of sp³-hybridized carbons (Fsp3) is 0.167. The van der Waals surface area contributed by atoms with Crippen LogP contribution in [0.15, 0.2) is 152 Å². The predicted molar refractivity (Wildman–Crippen MR) is 226 cm³/mol. The summed E-state index contributed by atoms with van der Waals surface area (Å²) >= 11 is 0. The minimum atomic E-state index is 0.807. The number of hydrogen-bond donors (Lipinski definition) is 1. The summed E-state index contributed by atoms with van der Waals surface area (Å²) in [5.41, 5.74) is 11.0. The van der Waals surface area contributed by atoms with Crippen molar-refractivity contribution in [3.8, 4) is 17.2 Å². The van der Waals surface area contributed by atoms with Crippen molar-refractivity contribution in [2.24, 2.45) is 0 Å². The zero-order valence-corrected chi connectivity index (χ0v) is 31.7. The van der Waals surface area contributed by atoms with E-state index in [9.17, 15) is 0 Å². The maximum Gasteiger partial charge on any atom is 0.118 e. The number of benzene rings is 6. The standard InChI is InChI=1S/C48H47N3O3/c1-6-7-30-51-47-11-9-8-10-43(47)44-31-39(22-29-48(44)51)50(32-45(34-12-20-38(49-2)21-13-34)35-14-23-40(52-3)24-15-35)33-46(36-16-25-41(53-4)26-17-36)37-18-27-42(54-5)28-19-37/h8-29,31-33,49H,6-7,30H2,1-5H3/b45-32-. The molecule has 0 amide bonds. The SMILES string of the molecule is CCCCn1c2ccccc2c2cc(N(C=C(c3ccc(OC)cc3)c3ccc(OC)cc3)/C=C(/c3ccc(NC)cc3)c3ccc(OC)cc3)ccc21. The molecule has 6 aromatic carbocycles. The lowest BCUT2D eigenvalue weighted by atomic mass is 9.97. The van der Waals surface area contributed by atoms with Crippen LogP contribution in [-0.2, 0) is 6.54 Å². The van der Waals surface area contributed by atoms with E-state index in [1.54, 1.807) is 21.3 Å². The van der Waals surface area contributed by atoms with Crippen LogP contribution in [0.5, 0.6) is 17.2 Å². The minimum absolute atomic E-state index is 0.807. The van der Waals surface area contributed by atoms with Gasteiger partial charge in [0, 0.05) is 70.3 Å². The first kappa shape index (κ1) is 36.0. The van der Waals surface area contributed by atoms with Crippen LogP contribution in [-0.4, -0.2) is 32.9 Å². The highest BCUT2D eigenvalue weighted by molar-refractivity contribution is 6.09. The maximum absolute atomic E-state index is 5.55. The first-order chi connectivity index (χ1) is 26.5. The van der Waals surface area contributed by atoms with Crippen molar-refractivity contribution in [2.75, 3.05) is 38.6 Å². The summed E-state index contributed by atoms with van der Waals surface area (Å²) < 4.78 is 19.1. The van der Waals surface area contributed by atoms with Gasteiger partial charge in [0.15, 0.2) is 0 Å². The molecule has 0 saturated carbocycles. The van der Waals surface area contributed by atoms with Crippen LogP contribution < -0.4 is 24.4 Å². The van der Waals surface area contributed by atoms with Crippen molar-refractivity contribution in [1.29, 1.82) is 0 Å². The number of unbranched alkanes of at least 4 members (excludes halogenated alkanes) is 1. The highest BCUT2D eigenvalue weighted by atomic mass is 16.5. The van der Waals surface area contributed by atoms with Crippen LogP contribution in [0.2, 0.25) is 0 Å². The number of hydrogen-bond acceptors (Lipinski definition) is 5. The summed E-state index contributed by atoms with van der Waals surface area (Å²) in [6.07, 6.45) is 6.75. The Hall–Kier alpha value is -6.40. The molecule has 7 aromatic rings. The summed E-state index contributed by atoms with van der Waals surface area (Å²) in [6, 6.07) is 49.0. The number of aromatic nitrogens is 1. The van der Waals surface area contributed by atoms with Crippen LogP contribution in [0.4, 0.5) is 11.4 Å².